The maximum absolute atomic E-state index is 12.1. The highest BCUT2D eigenvalue weighted by atomic mass is 32.2. The lowest BCUT2D eigenvalue weighted by Crippen LogP contribution is -2.30. The summed E-state index contributed by atoms with van der Waals surface area (Å²) in [7, 11) is -2.19. The maximum atomic E-state index is 12.1. The number of hydrogen-bond acceptors (Lipinski definition) is 5. The van der Waals surface area contributed by atoms with E-state index in [9.17, 15) is 13.5 Å². The third-order valence-corrected chi connectivity index (χ3v) is 4.16. The molecule has 1 aromatic rings. The first kappa shape index (κ1) is 14.9. The van der Waals surface area contributed by atoms with E-state index in [1.807, 2.05) is 0 Å². The predicted molar refractivity (Wildman–Crippen MR) is 65.8 cm³/mol. The minimum Gasteiger partial charge on any atom is -0.508 e. The van der Waals surface area contributed by atoms with Crippen molar-refractivity contribution in [3.8, 4) is 5.75 Å². The quantitative estimate of drug-likeness (QED) is 0.685. The molecule has 2 N–H and O–H groups in total. The van der Waals surface area contributed by atoms with Gasteiger partial charge in [-0.15, -0.1) is 0 Å². The number of likely N-dealkylation sites (N-methyl/N-ethyl adjacent to an activating group) is 1. The lowest BCUT2D eigenvalue weighted by molar-refractivity contribution is 0.0876. The Balaban J connectivity index is 2.68. The number of aromatic hydroxyl groups is 1. The van der Waals surface area contributed by atoms with Gasteiger partial charge in [0.1, 0.15) is 5.75 Å². The van der Waals surface area contributed by atoms with Gasteiger partial charge >= 0.3 is 0 Å². The molecule has 0 aliphatic heterocycles. The Hall–Kier alpha value is -1.15. The number of ether oxygens (including phenoxy) is 1. The molecule has 0 spiro atoms. The standard InChI is InChI=1S/C11H17NO5S/c1-12(5-7-17-8-6-13)18(15,16)11-4-2-3-10(14)9-11/h2-4,9,13-14H,5-8H2,1H3. The number of nitrogens with zero attached hydrogens (tertiary/aromatic N) is 1. The molecule has 6 nitrogen and oxygen atoms in total. The molecule has 0 saturated carbocycles. The van der Waals surface area contributed by atoms with E-state index in [0.29, 0.717) is 0 Å². The van der Waals surface area contributed by atoms with E-state index in [1.54, 1.807) is 0 Å². The van der Waals surface area contributed by atoms with Crippen LogP contribution in [0.25, 0.3) is 0 Å². The first-order valence-electron chi connectivity index (χ1n) is 5.42. The third-order valence-electron chi connectivity index (χ3n) is 2.31. The van der Waals surface area contributed by atoms with Crippen LogP contribution in [0, 0.1) is 0 Å². The van der Waals surface area contributed by atoms with E-state index < -0.39 is 10.0 Å². The van der Waals surface area contributed by atoms with Gasteiger partial charge in [-0.3, -0.25) is 0 Å². The van der Waals surface area contributed by atoms with Crippen LogP contribution in [-0.4, -0.2) is 56.3 Å². The molecule has 0 aliphatic carbocycles. The Morgan fingerprint density at radius 2 is 2.06 bits per heavy atom. The molecule has 18 heavy (non-hydrogen) atoms. The fourth-order valence-corrected chi connectivity index (χ4v) is 2.50. The van der Waals surface area contributed by atoms with Gasteiger partial charge in [0, 0.05) is 13.6 Å². The molecule has 1 rings (SSSR count). The highest BCUT2D eigenvalue weighted by molar-refractivity contribution is 7.89. The van der Waals surface area contributed by atoms with Crippen molar-refractivity contribution >= 4 is 10.0 Å². The lowest BCUT2D eigenvalue weighted by Gasteiger charge is -2.17. The average molecular weight is 275 g/mol. The van der Waals surface area contributed by atoms with Crippen molar-refractivity contribution in [2.45, 2.75) is 4.90 Å². The molecule has 0 atom stereocenters. The normalized spacial score (nSPS) is 11.9. The fraction of sp³-hybridized carbons (Fsp3) is 0.455. The zero-order valence-corrected chi connectivity index (χ0v) is 10.9. The Bertz CT molecular complexity index is 474. The average Bonchev–Trinajstić information content (AvgIpc) is 2.34. The van der Waals surface area contributed by atoms with Gasteiger partial charge in [0.2, 0.25) is 10.0 Å². The molecule has 0 amide bonds. The van der Waals surface area contributed by atoms with E-state index in [2.05, 4.69) is 0 Å². The van der Waals surface area contributed by atoms with Crippen molar-refractivity contribution in [1.29, 1.82) is 0 Å². The number of aliphatic hydroxyl groups is 1. The second-order valence-corrected chi connectivity index (χ2v) is 5.70. The number of hydrogen-bond donors (Lipinski definition) is 2. The van der Waals surface area contributed by atoms with Gasteiger partial charge in [-0.05, 0) is 18.2 Å². The SMILES string of the molecule is CN(CCOCCO)S(=O)(=O)c1cccc(O)c1. The van der Waals surface area contributed by atoms with E-state index in [0.717, 1.165) is 4.31 Å². The summed E-state index contributed by atoms with van der Waals surface area (Å²) in [4.78, 5) is 0.0344. The molecular weight excluding hydrogens is 258 g/mol. The van der Waals surface area contributed by atoms with Gasteiger partial charge < -0.3 is 14.9 Å². The number of phenolic OH excluding ortho intramolecular Hbond substituents is 1. The molecule has 0 unspecified atom stereocenters. The van der Waals surface area contributed by atoms with Crippen molar-refractivity contribution in [2.24, 2.45) is 0 Å². The van der Waals surface area contributed by atoms with E-state index >= 15 is 0 Å². The Kier molecular flexibility index (Phi) is 5.54. The van der Waals surface area contributed by atoms with Crippen LogP contribution in [0.5, 0.6) is 5.75 Å². The molecule has 1 aromatic carbocycles. The zero-order chi connectivity index (χ0) is 13.6. The number of rotatable bonds is 7. The highest BCUT2D eigenvalue weighted by Gasteiger charge is 2.20. The number of sulfonamides is 1. The molecule has 0 fully saturated rings. The van der Waals surface area contributed by atoms with Gasteiger partial charge in [-0.2, -0.15) is 4.31 Å². The summed E-state index contributed by atoms with van der Waals surface area (Å²) in [6.45, 7) is 0.468. The van der Waals surface area contributed by atoms with Crippen LogP contribution in [0.4, 0.5) is 0 Å². The summed E-state index contributed by atoms with van der Waals surface area (Å²) in [5, 5.41) is 17.8. The van der Waals surface area contributed by atoms with E-state index in [4.69, 9.17) is 9.84 Å². The molecule has 0 saturated heterocycles. The van der Waals surface area contributed by atoms with E-state index in [1.165, 1.54) is 31.3 Å². The Morgan fingerprint density at radius 3 is 2.67 bits per heavy atom. The minimum atomic E-state index is -3.62. The van der Waals surface area contributed by atoms with Gasteiger partial charge in [0.25, 0.3) is 0 Å². The van der Waals surface area contributed by atoms with Crippen LogP contribution in [0.2, 0.25) is 0 Å². The molecule has 0 aliphatic rings. The summed E-state index contributed by atoms with van der Waals surface area (Å²) >= 11 is 0. The van der Waals surface area contributed by atoms with Crippen LogP contribution < -0.4 is 0 Å². The van der Waals surface area contributed by atoms with Gasteiger partial charge in [0.15, 0.2) is 0 Å². The Morgan fingerprint density at radius 1 is 1.33 bits per heavy atom. The van der Waals surface area contributed by atoms with Crippen molar-refractivity contribution < 1.29 is 23.4 Å². The van der Waals surface area contributed by atoms with Crippen LogP contribution >= 0.6 is 0 Å². The molecular formula is C11H17NO5S. The topological polar surface area (TPSA) is 87.1 Å². The van der Waals surface area contributed by atoms with Crippen LogP contribution in [-0.2, 0) is 14.8 Å². The van der Waals surface area contributed by atoms with Gasteiger partial charge in [0.05, 0.1) is 24.7 Å². The molecule has 0 aromatic heterocycles. The van der Waals surface area contributed by atoms with E-state index in [-0.39, 0.29) is 37.0 Å². The number of phenols is 1. The van der Waals surface area contributed by atoms with Crippen LogP contribution in [0.15, 0.2) is 29.2 Å². The number of benzene rings is 1. The summed E-state index contributed by atoms with van der Waals surface area (Å²) in [6, 6.07) is 5.49. The predicted octanol–water partition coefficient (Wildman–Crippen LogP) is 0.0216. The zero-order valence-electron chi connectivity index (χ0n) is 10.1. The second kappa shape index (κ2) is 6.69. The van der Waals surface area contributed by atoms with Crippen LogP contribution in [0.3, 0.4) is 0 Å². The largest absolute Gasteiger partial charge is 0.508 e. The van der Waals surface area contributed by atoms with Crippen molar-refractivity contribution in [3.63, 3.8) is 0 Å². The molecule has 0 radical (unpaired) electrons. The van der Waals surface area contributed by atoms with Crippen LogP contribution in [0.1, 0.15) is 0 Å². The first-order valence-corrected chi connectivity index (χ1v) is 6.86. The first-order chi connectivity index (χ1) is 8.48. The summed E-state index contributed by atoms with van der Waals surface area (Å²) < 4.78 is 30.3. The summed E-state index contributed by atoms with van der Waals surface area (Å²) in [5.41, 5.74) is 0. The smallest absolute Gasteiger partial charge is 0.243 e. The van der Waals surface area contributed by atoms with Crippen molar-refractivity contribution in [3.05, 3.63) is 24.3 Å². The maximum Gasteiger partial charge on any atom is 0.243 e. The fourth-order valence-electron chi connectivity index (χ4n) is 1.30. The molecule has 102 valence electrons. The van der Waals surface area contributed by atoms with Crippen molar-refractivity contribution in [1.82, 2.24) is 4.31 Å². The molecule has 0 bridgehead atoms. The summed E-state index contributed by atoms with van der Waals surface area (Å²) in [5.74, 6) is -0.0963. The minimum absolute atomic E-state index is 0.0344. The molecule has 7 heteroatoms. The van der Waals surface area contributed by atoms with Gasteiger partial charge in [-0.25, -0.2) is 8.42 Å². The molecule has 0 heterocycles. The monoisotopic (exact) mass is 275 g/mol. The van der Waals surface area contributed by atoms with Crippen molar-refractivity contribution in [2.75, 3.05) is 33.4 Å². The number of aliphatic hydroxyl groups excluding tert-OH is 1. The summed E-state index contributed by atoms with van der Waals surface area (Å²) in [6.07, 6.45) is 0. The lowest BCUT2D eigenvalue weighted by atomic mass is 10.3. The van der Waals surface area contributed by atoms with Gasteiger partial charge in [-0.1, -0.05) is 6.07 Å². The highest BCUT2D eigenvalue weighted by Crippen LogP contribution is 2.18. The Labute approximate surface area is 106 Å². The third kappa shape index (κ3) is 3.95. The second-order valence-electron chi connectivity index (χ2n) is 3.66.